The van der Waals surface area contributed by atoms with E-state index in [1.165, 1.54) is 13.2 Å². The molecule has 0 atom stereocenters. The molecule has 2 aromatic carbocycles. The first kappa shape index (κ1) is 23.9. The Morgan fingerprint density at radius 1 is 1.15 bits per heavy atom. The van der Waals surface area contributed by atoms with E-state index in [1.54, 1.807) is 29.2 Å². The summed E-state index contributed by atoms with van der Waals surface area (Å²) in [4.78, 5) is 14.2. The number of amides is 1. The molecule has 33 heavy (non-hydrogen) atoms. The summed E-state index contributed by atoms with van der Waals surface area (Å²) in [5, 5.41) is 26.8. The number of carbonyl (C=O) groups is 1. The van der Waals surface area contributed by atoms with Crippen molar-refractivity contribution in [2.75, 3.05) is 39.1 Å². The number of anilines is 1. The number of aliphatic hydroxyl groups excluding tert-OH is 1. The zero-order valence-electron chi connectivity index (χ0n) is 18.4. The molecular weight excluding hydrogens is 427 g/mol. The highest BCUT2D eigenvalue weighted by Gasteiger charge is 2.20. The van der Waals surface area contributed by atoms with E-state index in [4.69, 9.17) is 26.0 Å². The highest BCUT2D eigenvalue weighted by molar-refractivity contribution is 6.17. The van der Waals surface area contributed by atoms with Crippen LogP contribution in [-0.2, 0) is 4.74 Å². The lowest BCUT2D eigenvalue weighted by Gasteiger charge is -2.15. The lowest BCUT2D eigenvalue weighted by atomic mass is 10.0. The Hall–Kier alpha value is -3.72. The van der Waals surface area contributed by atoms with E-state index in [2.05, 4.69) is 0 Å². The normalized spacial score (nSPS) is 13.8. The minimum Gasteiger partial charge on any atom is -0.506 e. The molecule has 1 aliphatic heterocycles. The van der Waals surface area contributed by atoms with Crippen LogP contribution in [0.2, 0.25) is 0 Å². The molecule has 1 saturated heterocycles. The zero-order chi connectivity index (χ0) is 24.0. The second-order valence-corrected chi connectivity index (χ2v) is 7.61. The first-order chi connectivity index (χ1) is 15.8. The average molecular weight is 455 g/mol. The van der Waals surface area contributed by atoms with Crippen LogP contribution >= 0.6 is 0 Å². The van der Waals surface area contributed by atoms with E-state index in [1.807, 2.05) is 0 Å². The fourth-order valence-corrected chi connectivity index (χ4v) is 3.46. The number of rotatable bonds is 9. The number of nitrogens with one attached hydrogen (secondary N) is 2. The first-order valence-corrected chi connectivity index (χ1v) is 10.5. The van der Waals surface area contributed by atoms with E-state index in [0.29, 0.717) is 11.1 Å². The average Bonchev–Trinajstić information content (AvgIpc) is 3.35. The molecule has 1 amide bonds. The number of nitrogen functional groups attached to an aromatic ring is 1. The molecule has 1 fully saturated rings. The minimum absolute atomic E-state index is 0.0281. The van der Waals surface area contributed by atoms with Gasteiger partial charge in [0.25, 0.3) is 5.91 Å². The van der Waals surface area contributed by atoms with Crippen LogP contribution in [0.4, 0.5) is 10.1 Å². The van der Waals surface area contributed by atoms with Crippen LogP contribution < -0.4 is 10.5 Å². The van der Waals surface area contributed by atoms with Gasteiger partial charge in [-0.25, -0.2) is 4.39 Å². The number of likely N-dealkylation sites (tertiary alicyclic amines) is 1. The largest absolute Gasteiger partial charge is 0.506 e. The number of nitrogens with two attached hydrogens (primary N) is 1. The summed E-state index contributed by atoms with van der Waals surface area (Å²) in [6.45, 7) is 1.91. The van der Waals surface area contributed by atoms with Crippen molar-refractivity contribution in [3.8, 4) is 5.75 Å². The summed E-state index contributed by atoms with van der Waals surface area (Å²) >= 11 is 0. The van der Waals surface area contributed by atoms with Crippen molar-refractivity contribution >= 4 is 23.0 Å². The third kappa shape index (κ3) is 5.75. The molecular formula is C24H27FN4O4. The van der Waals surface area contributed by atoms with E-state index < -0.39 is 17.3 Å². The Morgan fingerprint density at radius 3 is 2.42 bits per heavy atom. The molecule has 1 heterocycles. The van der Waals surface area contributed by atoms with Gasteiger partial charge < -0.3 is 30.6 Å². The minimum atomic E-state index is -0.735. The maximum absolute atomic E-state index is 14.3. The number of ether oxygens (including phenoxy) is 2. The van der Waals surface area contributed by atoms with Crippen LogP contribution in [0, 0.1) is 16.6 Å². The van der Waals surface area contributed by atoms with Crippen LogP contribution in [0.5, 0.6) is 5.75 Å². The number of allylic oxidation sites excluding steroid dienone is 2. The zero-order valence-corrected chi connectivity index (χ0v) is 18.4. The number of hydrogen-bond acceptors (Lipinski definition) is 7. The van der Waals surface area contributed by atoms with Crippen LogP contribution in [-0.4, -0.2) is 60.8 Å². The maximum atomic E-state index is 14.3. The van der Waals surface area contributed by atoms with Gasteiger partial charge in [-0.2, -0.15) is 0 Å². The summed E-state index contributed by atoms with van der Waals surface area (Å²) in [5.41, 5.74) is 6.43. The molecule has 0 aliphatic carbocycles. The predicted octanol–water partition coefficient (Wildman–Crippen LogP) is 3.55. The van der Waals surface area contributed by atoms with Gasteiger partial charge in [-0.15, -0.1) is 0 Å². The molecule has 174 valence electrons. The standard InChI is InChI=1S/C24H27FN4O4/c1-32-10-11-33-22-14-20(27)17(12-18(22)25)23(28)21(30)13-19(26)15-4-6-16(7-5-15)24(31)29-8-2-3-9-29/h4-7,12-14,26,28,30H,2-3,8-11,27H2,1H3/b21-13-,26-19?,28-23?. The summed E-state index contributed by atoms with van der Waals surface area (Å²) < 4.78 is 24.4. The van der Waals surface area contributed by atoms with E-state index >= 15 is 0 Å². The molecule has 8 nitrogen and oxygen atoms in total. The molecule has 3 rings (SSSR count). The number of halogens is 1. The van der Waals surface area contributed by atoms with Crippen molar-refractivity contribution in [1.82, 2.24) is 4.90 Å². The summed E-state index contributed by atoms with van der Waals surface area (Å²) in [5.74, 6) is -1.41. The number of benzene rings is 2. The fourth-order valence-electron chi connectivity index (χ4n) is 3.46. The van der Waals surface area contributed by atoms with E-state index in [9.17, 15) is 14.3 Å². The van der Waals surface area contributed by atoms with Gasteiger partial charge in [0.05, 0.1) is 12.3 Å². The molecule has 0 unspecified atom stereocenters. The quantitative estimate of drug-likeness (QED) is 0.199. The molecule has 1 aliphatic rings. The maximum Gasteiger partial charge on any atom is 0.253 e. The van der Waals surface area contributed by atoms with Crippen molar-refractivity contribution in [2.45, 2.75) is 12.8 Å². The van der Waals surface area contributed by atoms with E-state index in [0.717, 1.165) is 38.1 Å². The molecule has 9 heteroatoms. The molecule has 0 radical (unpaired) electrons. The highest BCUT2D eigenvalue weighted by atomic mass is 19.1. The van der Waals surface area contributed by atoms with Gasteiger partial charge >= 0.3 is 0 Å². The number of aliphatic hydroxyl groups is 1. The topological polar surface area (TPSA) is 133 Å². The smallest absolute Gasteiger partial charge is 0.253 e. The third-order valence-corrected chi connectivity index (χ3v) is 5.29. The Balaban J connectivity index is 1.71. The Labute approximate surface area is 191 Å². The van der Waals surface area contributed by atoms with Crippen LogP contribution in [0.15, 0.2) is 48.2 Å². The Morgan fingerprint density at radius 2 is 1.79 bits per heavy atom. The molecule has 2 aromatic rings. The Kier molecular flexibility index (Phi) is 7.78. The predicted molar refractivity (Wildman–Crippen MR) is 124 cm³/mol. The summed E-state index contributed by atoms with van der Waals surface area (Å²) in [7, 11) is 1.49. The summed E-state index contributed by atoms with van der Waals surface area (Å²) in [6.07, 6.45) is 3.09. The number of carbonyl (C=O) groups excluding carboxylic acids is 1. The van der Waals surface area contributed by atoms with Gasteiger partial charge in [-0.3, -0.25) is 10.2 Å². The number of nitrogens with zero attached hydrogens (tertiary/aromatic N) is 1. The van der Waals surface area contributed by atoms with Gasteiger partial charge in [0.1, 0.15) is 18.1 Å². The van der Waals surface area contributed by atoms with Crippen LogP contribution in [0.25, 0.3) is 0 Å². The van der Waals surface area contributed by atoms with Crippen LogP contribution in [0.1, 0.15) is 34.3 Å². The lowest BCUT2D eigenvalue weighted by Crippen LogP contribution is -2.27. The summed E-state index contributed by atoms with van der Waals surface area (Å²) in [6, 6.07) is 8.74. The molecule has 0 spiro atoms. The number of methoxy groups -OCH3 is 1. The van der Waals surface area contributed by atoms with Gasteiger partial charge in [0.15, 0.2) is 11.6 Å². The SMILES string of the molecule is COCCOc1cc(N)c(C(=N)/C(O)=C/C(=N)c2ccc(C(=O)N3CCCC3)cc2)cc1F. The molecule has 0 aromatic heterocycles. The van der Waals surface area contributed by atoms with Gasteiger partial charge in [0, 0.05) is 49.2 Å². The van der Waals surface area contributed by atoms with Crippen molar-refractivity contribution in [3.63, 3.8) is 0 Å². The Bertz CT molecular complexity index is 1080. The molecule has 0 bridgehead atoms. The first-order valence-electron chi connectivity index (χ1n) is 10.5. The van der Waals surface area contributed by atoms with Crippen LogP contribution in [0.3, 0.4) is 0 Å². The third-order valence-electron chi connectivity index (χ3n) is 5.29. The fraction of sp³-hybridized carbons (Fsp3) is 0.292. The second-order valence-electron chi connectivity index (χ2n) is 7.61. The van der Waals surface area contributed by atoms with Crippen molar-refractivity contribution < 1.29 is 23.8 Å². The van der Waals surface area contributed by atoms with Crippen molar-refractivity contribution in [2.24, 2.45) is 0 Å². The molecule has 0 saturated carbocycles. The van der Waals surface area contributed by atoms with Crippen molar-refractivity contribution in [1.29, 1.82) is 10.8 Å². The molecule has 5 N–H and O–H groups in total. The lowest BCUT2D eigenvalue weighted by molar-refractivity contribution is 0.0793. The van der Waals surface area contributed by atoms with Gasteiger partial charge in [-0.1, -0.05) is 12.1 Å². The van der Waals surface area contributed by atoms with Gasteiger partial charge in [0.2, 0.25) is 0 Å². The number of hydrogen-bond donors (Lipinski definition) is 4. The van der Waals surface area contributed by atoms with Crippen molar-refractivity contribution in [3.05, 3.63) is 70.7 Å². The second kappa shape index (κ2) is 10.7. The van der Waals surface area contributed by atoms with E-state index in [-0.39, 0.29) is 41.8 Å². The highest BCUT2D eigenvalue weighted by Crippen LogP contribution is 2.26. The van der Waals surface area contributed by atoms with Gasteiger partial charge in [-0.05, 0) is 36.6 Å². The monoisotopic (exact) mass is 454 g/mol.